The van der Waals surface area contributed by atoms with E-state index in [4.69, 9.17) is 0 Å². The predicted octanol–water partition coefficient (Wildman–Crippen LogP) is 7.76. The molecule has 0 radical (unpaired) electrons. The molecule has 2 fully saturated rings. The van der Waals surface area contributed by atoms with Crippen molar-refractivity contribution < 1.29 is 26.3 Å². The molecule has 0 amide bonds. The van der Waals surface area contributed by atoms with Crippen molar-refractivity contribution in [2.24, 2.45) is 0 Å². The summed E-state index contributed by atoms with van der Waals surface area (Å²) in [5.41, 5.74) is -2.37. The third-order valence-corrected chi connectivity index (χ3v) is 7.93. The summed E-state index contributed by atoms with van der Waals surface area (Å²) in [7, 11) is 0. The molecule has 2 aromatic rings. The molecule has 7 heteroatoms. The molecular weight excluding hydrogens is 464 g/mol. The maximum absolute atomic E-state index is 14.0. The van der Waals surface area contributed by atoms with Crippen molar-refractivity contribution in [3.8, 4) is 0 Å². The van der Waals surface area contributed by atoms with Gasteiger partial charge in [0.25, 0.3) is 0 Å². The second kappa shape index (κ2) is 9.45. The third kappa shape index (κ3) is 5.11. The van der Waals surface area contributed by atoms with Gasteiger partial charge in [-0.25, -0.2) is 0 Å². The number of hydrogen-bond donors (Lipinski definition) is 0. The fourth-order valence-electron chi connectivity index (χ4n) is 5.42. The average molecular weight is 498 g/mol. The van der Waals surface area contributed by atoms with Crippen molar-refractivity contribution in [1.29, 1.82) is 0 Å². The van der Waals surface area contributed by atoms with Crippen LogP contribution >= 0.6 is 0 Å². The van der Waals surface area contributed by atoms with Crippen LogP contribution in [0.4, 0.5) is 26.3 Å². The average Bonchev–Trinajstić information content (AvgIpc) is 3.68. The molecule has 0 N–H and O–H groups in total. The molecule has 2 aromatic carbocycles. The van der Waals surface area contributed by atoms with E-state index in [0.717, 1.165) is 13.0 Å². The van der Waals surface area contributed by atoms with E-state index in [1.165, 1.54) is 23.8 Å². The Morgan fingerprint density at radius 1 is 0.714 bits per heavy atom. The lowest BCUT2D eigenvalue weighted by molar-refractivity contribution is -0.161. The lowest BCUT2D eigenvalue weighted by atomic mass is 9.81. The normalized spacial score (nSPS) is 18.8. The molecule has 2 aliphatic carbocycles. The number of benzene rings is 2. The summed E-state index contributed by atoms with van der Waals surface area (Å²) in [6.45, 7) is 5.54. The van der Waals surface area contributed by atoms with E-state index in [0.29, 0.717) is 13.0 Å². The SMILES string of the molecule is CC(C)N(CCCc1c(C2(C(F)(F)F)CC2)cccc1C1(C(F)(F)F)CC1)CCc1ccccc1. The molecule has 192 valence electrons. The second-order valence-electron chi connectivity index (χ2n) is 10.5. The zero-order valence-corrected chi connectivity index (χ0v) is 20.3. The van der Waals surface area contributed by atoms with Gasteiger partial charge in [-0.3, -0.25) is 0 Å². The molecule has 0 atom stereocenters. The summed E-state index contributed by atoms with van der Waals surface area (Å²) < 4.78 is 84.2. The van der Waals surface area contributed by atoms with Crippen LogP contribution in [0.25, 0.3) is 0 Å². The molecule has 1 nitrogen and oxygen atoms in total. The number of rotatable bonds is 10. The largest absolute Gasteiger partial charge is 0.398 e. The Labute approximate surface area is 203 Å². The summed E-state index contributed by atoms with van der Waals surface area (Å²) >= 11 is 0. The second-order valence-corrected chi connectivity index (χ2v) is 10.5. The van der Waals surface area contributed by atoms with Crippen LogP contribution in [-0.2, 0) is 23.7 Å². The highest BCUT2D eigenvalue weighted by Crippen LogP contribution is 2.63. The van der Waals surface area contributed by atoms with Crippen LogP contribution in [0, 0.1) is 0 Å². The van der Waals surface area contributed by atoms with Crippen LogP contribution in [0.3, 0.4) is 0 Å². The van der Waals surface area contributed by atoms with Gasteiger partial charge in [-0.15, -0.1) is 0 Å². The first-order valence-corrected chi connectivity index (χ1v) is 12.5. The maximum Gasteiger partial charge on any atom is 0.398 e. The van der Waals surface area contributed by atoms with E-state index >= 15 is 0 Å². The fraction of sp³-hybridized carbons (Fsp3) is 0.571. The van der Waals surface area contributed by atoms with E-state index in [1.54, 1.807) is 0 Å². The predicted molar refractivity (Wildman–Crippen MR) is 126 cm³/mol. The molecule has 0 heterocycles. The van der Waals surface area contributed by atoms with E-state index in [9.17, 15) is 26.3 Å². The zero-order valence-electron chi connectivity index (χ0n) is 20.3. The molecule has 0 aliphatic heterocycles. The third-order valence-electron chi connectivity index (χ3n) is 7.93. The van der Waals surface area contributed by atoms with E-state index in [1.807, 2.05) is 18.2 Å². The fourth-order valence-corrected chi connectivity index (χ4v) is 5.42. The van der Waals surface area contributed by atoms with Gasteiger partial charge >= 0.3 is 12.4 Å². The zero-order chi connectivity index (χ0) is 25.5. The van der Waals surface area contributed by atoms with Crippen molar-refractivity contribution in [3.63, 3.8) is 0 Å². The van der Waals surface area contributed by atoms with Crippen molar-refractivity contribution in [1.82, 2.24) is 4.90 Å². The molecule has 2 aliphatic rings. The molecule has 0 saturated heterocycles. The molecule has 35 heavy (non-hydrogen) atoms. The number of alkyl halides is 6. The first-order chi connectivity index (χ1) is 16.4. The Hall–Kier alpha value is -2.02. The van der Waals surface area contributed by atoms with Gasteiger partial charge in [0.2, 0.25) is 0 Å². The quantitative estimate of drug-likeness (QED) is 0.303. The highest BCUT2D eigenvalue weighted by molar-refractivity contribution is 5.50. The van der Waals surface area contributed by atoms with Gasteiger partial charge in [-0.1, -0.05) is 48.5 Å². The smallest absolute Gasteiger partial charge is 0.301 e. The van der Waals surface area contributed by atoms with Crippen LogP contribution in [0.2, 0.25) is 0 Å². The molecule has 0 bridgehead atoms. The van der Waals surface area contributed by atoms with Gasteiger partial charge in [0.1, 0.15) is 0 Å². The first-order valence-electron chi connectivity index (χ1n) is 12.5. The highest BCUT2D eigenvalue weighted by atomic mass is 19.4. The molecule has 0 unspecified atom stereocenters. The van der Waals surface area contributed by atoms with Gasteiger partial charge in [-0.05, 0) is 87.6 Å². The van der Waals surface area contributed by atoms with Crippen LogP contribution in [-0.4, -0.2) is 36.4 Å². The number of halogens is 6. The summed E-state index contributed by atoms with van der Waals surface area (Å²) in [6, 6.07) is 14.5. The Morgan fingerprint density at radius 2 is 1.23 bits per heavy atom. The van der Waals surface area contributed by atoms with Crippen molar-refractivity contribution in [2.75, 3.05) is 13.1 Å². The maximum atomic E-state index is 14.0. The molecular formula is C28H33F6N. The van der Waals surface area contributed by atoms with Crippen LogP contribution < -0.4 is 0 Å². The summed E-state index contributed by atoms with van der Waals surface area (Å²) in [5, 5.41) is 0. The Balaban J connectivity index is 1.57. The molecule has 4 rings (SSSR count). The Kier molecular flexibility index (Phi) is 7.04. The number of nitrogens with zero attached hydrogens (tertiary/aromatic N) is 1. The molecule has 0 spiro atoms. The summed E-state index contributed by atoms with van der Waals surface area (Å²) in [6.07, 6.45) is -7.57. The Bertz CT molecular complexity index is 952. The lowest BCUT2D eigenvalue weighted by Gasteiger charge is -2.30. The summed E-state index contributed by atoms with van der Waals surface area (Å²) in [4.78, 5) is 2.25. The van der Waals surface area contributed by atoms with Gasteiger partial charge in [0, 0.05) is 12.6 Å². The van der Waals surface area contributed by atoms with E-state index in [-0.39, 0.29) is 54.8 Å². The molecule has 0 aromatic heterocycles. The van der Waals surface area contributed by atoms with Crippen molar-refractivity contribution >= 4 is 0 Å². The van der Waals surface area contributed by atoms with E-state index < -0.39 is 23.2 Å². The lowest BCUT2D eigenvalue weighted by Crippen LogP contribution is -2.35. The van der Waals surface area contributed by atoms with Crippen LogP contribution in [0.1, 0.15) is 68.2 Å². The van der Waals surface area contributed by atoms with Crippen molar-refractivity contribution in [3.05, 3.63) is 70.8 Å². The first kappa shape index (κ1) is 26.1. The van der Waals surface area contributed by atoms with Crippen LogP contribution in [0.5, 0.6) is 0 Å². The topological polar surface area (TPSA) is 3.24 Å². The monoisotopic (exact) mass is 497 g/mol. The minimum absolute atomic E-state index is 0.0544. The van der Waals surface area contributed by atoms with E-state index in [2.05, 4.69) is 30.9 Å². The van der Waals surface area contributed by atoms with Gasteiger partial charge in [0.05, 0.1) is 10.8 Å². The standard InChI is InChI=1S/C28H33F6N/c1-20(2)35(19-13-21-8-4-3-5-9-21)18-7-10-22-23(25(14-15-25)27(29,30)31)11-6-12-24(22)26(16-17-26)28(32,33)34/h3-6,8-9,11-12,20H,7,10,13-19H2,1-2H3. The minimum Gasteiger partial charge on any atom is -0.301 e. The van der Waals surface area contributed by atoms with Gasteiger partial charge < -0.3 is 4.90 Å². The van der Waals surface area contributed by atoms with Crippen LogP contribution in [0.15, 0.2) is 48.5 Å². The molecule has 2 saturated carbocycles. The van der Waals surface area contributed by atoms with Gasteiger partial charge in [0.15, 0.2) is 0 Å². The summed E-state index contributed by atoms with van der Waals surface area (Å²) in [5.74, 6) is 0. The van der Waals surface area contributed by atoms with Gasteiger partial charge in [-0.2, -0.15) is 26.3 Å². The Morgan fingerprint density at radius 3 is 1.66 bits per heavy atom. The number of hydrogen-bond acceptors (Lipinski definition) is 1. The van der Waals surface area contributed by atoms with Crippen molar-refractivity contribution in [2.45, 2.75) is 88.0 Å². The minimum atomic E-state index is -4.46. The highest BCUT2D eigenvalue weighted by Gasteiger charge is 2.67.